The molecule has 0 spiro atoms. The predicted octanol–water partition coefficient (Wildman–Crippen LogP) is 0.00220. The number of hydrogen-bond acceptors (Lipinski definition) is 3. The summed E-state index contributed by atoms with van der Waals surface area (Å²) >= 11 is 0. The molecule has 0 bridgehead atoms. The summed E-state index contributed by atoms with van der Waals surface area (Å²) in [6.07, 6.45) is 2.39. The SMILES string of the molecule is CC(C)CC(CN)C(=O)NC1CCCNC1=O. The Balaban J connectivity index is 2.48. The van der Waals surface area contributed by atoms with Gasteiger partial charge in [0, 0.05) is 13.1 Å². The van der Waals surface area contributed by atoms with Gasteiger partial charge in [0.25, 0.3) is 0 Å². The number of nitrogens with two attached hydrogens (primary N) is 1. The van der Waals surface area contributed by atoms with E-state index >= 15 is 0 Å². The molecule has 0 aromatic rings. The van der Waals surface area contributed by atoms with Crippen molar-refractivity contribution in [3.63, 3.8) is 0 Å². The maximum absolute atomic E-state index is 12.0. The molecule has 5 heteroatoms. The molecule has 1 saturated heterocycles. The minimum Gasteiger partial charge on any atom is -0.354 e. The van der Waals surface area contributed by atoms with E-state index in [9.17, 15) is 9.59 Å². The summed E-state index contributed by atoms with van der Waals surface area (Å²) in [6, 6.07) is -0.377. The Morgan fingerprint density at radius 2 is 2.29 bits per heavy atom. The Bertz CT molecular complexity index is 279. The molecule has 0 aromatic heterocycles. The summed E-state index contributed by atoms with van der Waals surface area (Å²) in [6.45, 7) is 5.16. The molecule has 1 aliphatic rings. The second-order valence-corrected chi connectivity index (χ2v) is 5.06. The molecule has 0 aromatic carbocycles. The standard InChI is InChI=1S/C12H23N3O2/c1-8(2)6-9(7-13)11(16)15-10-4-3-5-14-12(10)17/h8-10H,3-7,13H2,1-2H3,(H,14,17)(H,15,16). The molecule has 17 heavy (non-hydrogen) atoms. The van der Waals surface area contributed by atoms with Gasteiger partial charge in [-0.3, -0.25) is 9.59 Å². The number of piperidine rings is 1. The lowest BCUT2D eigenvalue weighted by Crippen LogP contribution is -2.52. The third-order valence-electron chi connectivity index (χ3n) is 3.01. The van der Waals surface area contributed by atoms with Crippen molar-refractivity contribution in [1.82, 2.24) is 10.6 Å². The first-order chi connectivity index (χ1) is 8.04. The van der Waals surface area contributed by atoms with Crippen molar-refractivity contribution in [2.75, 3.05) is 13.1 Å². The second kappa shape index (κ2) is 6.59. The number of hydrogen-bond donors (Lipinski definition) is 3. The van der Waals surface area contributed by atoms with Crippen molar-refractivity contribution in [2.24, 2.45) is 17.6 Å². The van der Waals surface area contributed by atoms with Gasteiger partial charge in [-0.25, -0.2) is 0 Å². The summed E-state index contributed by atoms with van der Waals surface area (Å²) in [5, 5.41) is 5.54. The normalized spacial score (nSPS) is 22.1. The lowest BCUT2D eigenvalue weighted by atomic mass is 9.95. The van der Waals surface area contributed by atoms with Gasteiger partial charge in [-0.15, -0.1) is 0 Å². The average molecular weight is 241 g/mol. The van der Waals surface area contributed by atoms with Crippen LogP contribution in [0.15, 0.2) is 0 Å². The van der Waals surface area contributed by atoms with Crippen LogP contribution in [-0.2, 0) is 9.59 Å². The van der Waals surface area contributed by atoms with Crippen LogP contribution in [0, 0.1) is 11.8 Å². The van der Waals surface area contributed by atoms with Crippen LogP contribution in [0.3, 0.4) is 0 Å². The van der Waals surface area contributed by atoms with E-state index in [4.69, 9.17) is 5.73 Å². The third-order valence-corrected chi connectivity index (χ3v) is 3.01. The molecular weight excluding hydrogens is 218 g/mol. The molecule has 0 aliphatic carbocycles. The number of rotatable bonds is 5. The Morgan fingerprint density at radius 1 is 1.59 bits per heavy atom. The molecule has 98 valence electrons. The van der Waals surface area contributed by atoms with Crippen molar-refractivity contribution >= 4 is 11.8 Å². The summed E-state index contributed by atoms with van der Waals surface area (Å²) < 4.78 is 0. The van der Waals surface area contributed by atoms with Gasteiger partial charge in [-0.05, 0) is 25.2 Å². The van der Waals surface area contributed by atoms with Crippen LogP contribution in [0.4, 0.5) is 0 Å². The highest BCUT2D eigenvalue weighted by Crippen LogP contribution is 2.12. The molecule has 4 N–H and O–H groups in total. The fourth-order valence-electron chi connectivity index (χ4n) is 2.08. The molecule has 2 atom stereocenters. The maximum Gasteiger partial charge on any atom is 0.242 e. The highest BCUT2D eigenvalue weighted by Gasteiger charge is 2.26. The summed E-state index contributed by atoms with van der Waals surface area (Å²) in [4.78, 5) is 23.5. The predicted molar refractivity (Wildman–Crippen MR) is 66.2 cm³/mol. The highest BCUT2D eigenvalue weighted by atomic mass is 16.2. The lowest BCUT2D eigenvalue weighted by Gasteiger charge is -2.25. The molecule has 1 fully saturated rings. The van der Waals surface area contributed by atoms with Gasteiger partial charge in [-0.1, -0.05) is 13.8 Å². The van der Waals surface area contributed by atoms with E-state index in [1.54, 1.807) is 0 Å². The molecule has 5 nitrogen and oxygen atoms in total. The van der Waals surface area contributed by atoms with Gasteiger partial charge >= 0.3 is 0 Å². The molecule has 1 heterocycles. The largest absolute Gasteiger partial charge is 0.354 e. The second-order valence-electron chi connectivity index (χ2n) is 5.06. The molecular formula is C12H23N3O2. The van der Waals surface area contributed by atoms with Crippen molar-refractivity contribution in [1.29, 1.82) is 0 Å². The monoisotopic (exact) mass is 241 g/mol. The zero-order valence-electron chi connectivity index (χ0n) is 10.7. The maximum atomic E-state index is 12.0. The summed E-state index contributed by atoms with van der Waals surface area (Å²) in [5.74, 6) is 0.0624. The zero-order chi connectivity index (χ0) is 12.8. The average Bonchev–Trinajstić information content (AvgIpc) is 2.28. The molecule has 2 amide bonds. The Hall–Kier alpha value is -1.10. The number of carbonyl (C=O) groups excluding carboxylic acids is 2. The van der Waals surface area contributed by atoms with Crippen molar-refractivity contribution < 1.29 is 9.59 Å². The number of nitrogens with one attached hydrogen (secondary N) is 2. The molecule has 0 radical (unpaired) electrons. The quantitative estimate of drug-likeness (QED) is 0.633. The van der Waals surface area contributed by atoms with E-state index < -0.39 is 0 Å². The van der Waals surface area contributed by atoms with Gasteiger partial charge in [0.15, 0.2) is 0 Å². The van der Waals surface area contributed by atoms with Crippen LogP contribution < -0.4 is 16.4 Å². The van der Waals surface area contributed by atoms with E-state index in [1.807, 2.05) is 0 Å². The van der Waals surface area contributed by atoms with E-state index in [-0.39, 0.29) is 23.8 Å². The van der Waals surface area contributed by atoms with Crippen LogP contribution in [0.1, 0.15) is 33.1 Å². The summed E-state index contributed by atoms with van der Waals surface area (Å²) in [5.41, 5.74) is 5.60. The van der Waals surface area contributed by atoms with Gasteiger partial charge in [0.05, 0.1) is 5.92 Å². The van der Waals surface area contributed by atoms with Gasteiger partial charge in [0.1, 0.15) is 6.04 Å². The van der Waals surface area contributed by atoms with E-state index in [2.05, 4.69) is 24.5 Å². The smallest absolute Gasteiger partial charge is 0.242 e. The fourth-order valence-corrected chi connectivity index (χ4v) is 2.08. The van der Waals surface area contributed by atoms with Crippen molar-refractivity contribution in [2.45, 2.75) is 39.2 Å². The number of amides is 2. The van der Waals surface area contributed by atoms with E-state index in [1.165, 1.54) is 0 Å². The minimum absolute atomic E-state index is 0.0788. The van der Waals surface area contributed by atoms with Crippen LogP contribution in [-0.4, -0.2) is 30.9 Å². The van der Waals surface area contributed by atoms with Crippen molar-refractivity contribution in [3.8, 4) is 0 Å². The van der Waals surface area contributed by atoms with E-state index in [0.717, 1.165) is 19.3 Å². The zero-order valence-corrected chi connectivity index (χ0v) is 10.7. The molecule has 1 rings (SSSR count). The molecule has 0 saturated carbocycles. The first-order valence-corrected chi connectivity index (χ1v) is 6.32. The summed E-state index contributed by atoms with van der Waals surface area (Å²) in [7, 11) is 0. The van der Waals surface area contributed by atoms with Crippen LogP contribution in [0.25, 0.3) is 0 Å². The lowest BCUT2D eigenvalue weighted by molar-refractivity contribution is -0.132. The van der Waals surface area contributed by atoms with Gasteiger partial charge in [-0.2, -0.15) is 0 Å². The Kier molecular flexibility index (Phi) is 5.41. The Morgan fingerprint density at radius 3 is 2.82 bits per heavy atom. The van der Waals surface area contributed by atoms with Crippen LogP contribution >= 0.6 is 0 Å². The topological polar surface area (TPSA) is 84.2 Å². The number of carbonyl (C=O) groups is 2. The first-order valence-electron chi connectivity index (χ1n) is 6.32. The fraction of sp³-hybridized carbons (Fsp3) is 0.833. The molecule has 1 aliphatic heterocycles. The van der Waals surface area contributed by atoms with Crippen molar-refractivity contribution in [3.05, 3.63) is 0 Å². The van der Waals surface area contributed by atoms with Crippen LogP contribution in [0.5, 0.6) is 0 Å². The van der Waals surface area contributed by atoms with Crippen LogP contribution in [0.2, 0.25) is 0 Å². The molecule has 2 unspecified atom stereocenters. The minimum atomic E-state index is -0.377. The van der Waals surface area contributed by atoms with Gasteiger partial charge < -0.3 is 16.4 Å². The first kappa shape index (κ1) is 14.0. The Labute approximate surface area is 103 Å². The van der Waals surface area contributed by atoms with E-state index in [0.29, 0.717) is 19.0 Å². The van der Waals surface area contributed by atoms with Gasteiger partial charge in [0.2, 0.25) is 11.8 Å². The third kappa shape index (κ3) is 4.34. The highest BCUT2D eigenvalue weighted by molar-refractivity contribution is 5.88.